The molecule has 1 aromatic carbocycles. The summed E-state index contributed by atoms with van der Waals surface area (Å²) in [5.74, 6) is -0.952. The lowest BCUT2D eigenvalue weighted by Crippen LogP contribution is -2.24. The van der Waals surface area contributed by atoms with Gasteiger partial charge in [0, 0.05) is 6.07 Å². The van der Waals surface area contributed by atoms with Crippen molar-refractivity contribution in [1.82, 2.24) is 0 Å². The first-order valence-electron chi connectivity index (χ1n) is 6.86. The average Bonchev–Trinajstić information content (AvgIpc) is 2.67. The zero-order valence-corrected chi connectivity index (χ0v) is 10.9. The number of carbonyl (C=O) groups is 1. The van der Waals surface area contributed by atoms with Gasteiger partial charge >= 0.3 is 0 Å². The molecule has 1 atom stereocenters. The highest BCUT2D eigenvalue weighted by Gasteiger charge is 2.39. The van der Waals surface area contributed by atoms with Gasteiger partial charge in [0.25, 0.3) is 0 Å². The summed E-state index contributed by atoms with van der Waals surface area (Å²) >= 11 is 0. The zero-order chi connectivity index (χ0) is 13.6. The Bertz CT molecular complexity index is 521. The van der Waals surface area contributed by atoms with Crippen LogP contribution in [0.2, 0.25) is 0 Å². The molecule has 0 aromatic heterocycles. The van der Waals surface area contributed by atoms with E-state index in [1.807, 2.05) is 0 Å². The van der Waals surface area contributed by atoms with Gasteiger partial charge in [-0.3, -0.25) is 4.79 Å². The average molecular weight is 265 g/mol. The van der Waals surface area contributed by atoms with Crippen molar-refractivity contribution < 1.29 is 13.6 Å². The Morgan fingerprint density at radius 2 is 1.84 bits per heavy atom. The lowest BCUT2D eigenvalue weighted by atomic mass is 9.74. The Hall–Kier alpha value is -1.45. The Balaban J connectivity index is 1.94. The van der Waals surface area contributed by atoms with Crippen molar-refractivity contribution in [3.8, 4) is 0 Å². The summed E-state index contributed by atoms with van der Waals surface area (Å²) in [6.07, 6.45) is 4.08. The van der Waals surface area contributed by atoms with E-state index in [4.69, 9.17) is 0 Å². The van der Waals surface area contributed by atoms with E-state index >= 15 is 0 Å². The molecule has 1 saturated carbocycles. The monoisotopic (exact) mass is 265 g/mol. The first kappa shape index (κ1) is 12.6. The number of rotatable bonds is 1. The minimum Gasteiger partial charge on any atom is -0.323 e. The first-order chi connectivity index (χ1) is 9.06. The van der Waals surface area contributed by atoms with Crippen LogP contribution in [-0.4, -0.2) is 5.91 Å². The fraction of sp³-hybridized carbons (Fsp3) is 0.533. The molecule has 1 N–H and O–H groups in total. The van der Waals surface area contributed by atoms with Crippen molar-refractivity contribution >= 4 is 11.6 Å². The highest BCUT2D eigenvalue weighted by molar-refractivity contribution is 6.03. The number of nitrogens with one attached hydrogen (secondary N) is 1. The molecule has 0 spiro atoms. The Labute approximate surface area is 111 Å². The zero-order valence-electron chi connectivity index (χ0n) is 10.9. The summed E-state index contributed by atoms with van der Waals surface area (Å²) in [5.41, 5.74) is 0.678. The van der Waals surface area contributed by atoms with Gasteiger partial charge in [0.1, 0.15) is 11.6 Å². The number of carbonyl (C=O) groups excluding carboxylic acids is 1. The normalized spacial score (nSPS) is 30.1. The van der Waals surface area contributed by atoms with Crippen molar-refractivity contribution in [2.24, 2.45) is 11.8 Å². The number of anilines is 1. The SMILES string of the molecule is CC1CCC(C2C(=O)Nc3c(F)cc(F)cc32)CC1. The highest BCUT2D eigenvalue weighted by Crippen LogP contribution is 2.45. The number of benzene rings is 1. The first-order valence-corrected chi connectivity index (χ1v) is 6.86. The third-order valence-electron chi connectivity index (χ3n) is 4.48. The van der Waals surface area contributed by atoms with Gasteiger partial charge in [-0.25, -0.2) is 8.78 Å². The minimum absolute atomic E-state index is 0.176. The highest BCUT2D eigenvalue weighted by atomic mass is 19.1. The summed E-state index contributed by atoms with van der Waals surface area (Å²) in [5, 5.41) is 2.57. The van der Waals surface area contributed by atoms with E-state index < -0.39 is 11.6 Å². The number of hydrogen-bond acceptors (Lipinski definition) is 1. The number of halogens is 2. The second-order valence-electron chi connectivity index (χ2n) is 5.84. The van der Waals surface area contributed by atoms with Crippen LogP contribution in [0.1, 0.15) is 44.1 Å². The summed E-state index contributed by atoms with van der Waals surface area (Å²) in [6.45, 7) is 2.21. The summed E-state index contributed by atoms with van der Waals surface area (Å²) in [4.78, 5) is 12.1. The fourth-order valence-electron chi connectivity index (χ4n) is 3.40. The van der Waals surface area contributed by atoms with E-state index in [9.17, 15) is 13.6 Å². The predicted molar refractivity (Wildman–Crippen MR) is 68.9 cm³/mol. The van der Waals surface area contributed by atoms with Crippen LogP contribution in [0, 0.1) is 23.5 Å². The third kappa shape index (κ3) is 2.13. The van der Waals surface area contributed by atoms with Gasteiger partial charge in [-0.15, -0.1) is 0 Å². The van der Waals surface area contributed by atoms with E-state index in [0.717, 1.165) is 31.7 Å². The van der Waals surface area contributed by atoms with Gasteiger partial charge in [0.05, 0.1) is 11.6 Å². The molecular weight excluding hydrogens is 248 g/mol. The van der Waals surface area contributed by atoms with E-state index in [-0.39, 0.29) is 23.4 Å². The molecule has 1 unspecified atom stereocenters. The second-order valence-corrected chi connectivity index (χ2v) is 5.84. The molecule has 2 nitrogen and oxygen atoms in total. The molecule has 1 aliphatic heterocycles. The molecule has 3 rings (SSSR count). The van der Waals surface area contributed by atoms with Gasteiger partial charge in [0.15, 0.2) is 0 Å². The predicted octanol–water partition coefficient (Wildman–Crippen LogP) is 3.83. The molecule has 1 amide bonds. The van der Waals surface area contributed by atoms with E-state index in [1.54, 1.807) is 0 Å². The molecule has 0 saturated heterocycles. The van der Waals surface area contributed by atoms with Gasteiger partial charge in [-0.1, -0.05) is 19.8 Å². The van der Waals surface area contributed by atoms with Gasteiger partial charge < -0.3 is 5.32 Å². The van der Waals surface area contributed by atoms with Gasteiger partial charge in [-0.2, -0.15) is 0 Å². The lowest BCUT2D eigenvalue weighted by Gasteiger charge is -2.29. The van der Waals surface area contributed by atoms with Gasteiger partial charge in [0.2, 0.25) is 5.91 Å². The standard InChI is InChI=1S/C15H17F2NO/c1-8-2-4-9(5-3-8)13-11-6-10(16)7-12(17)14(11)18-15(13)19/h6-9,13H,2-5H2,1H3,(H,18,19). The van der Waals surface area contributed by atoms with E-state index in [2.05, 4.69) is 12.2 Å². The number of hydrogen-bond donors (Lipinski definition) is 1. The smallest absolute Gasteiger partial charge is 0.232 e. The minimum atomic E-state index is -0.671. The molecule has 1 aromatic rings. The molecule has 2 aliphatic rings. The van der Waals surface area contributed by atoms with Crippen molar-refractivity contribution in [3.05, 3.63) is 29.3 Å². The second kappa shape index (κ2) is 4.58. The molecule has 0 bridgehead atoms. The summed E-state index contributed by atoms with van der Waals surface area (Å²) < 4.78 is 27.0. The quantitative estimate of drug-likeness (QED) is 0.821. The van der Waals surface area contributed by atoms with Crippen LogP contribution in [0.3, 0.4) is 0 Å². The van der Waals surface area contributed by atoms with Crippen LogP contribution in [0.15, 0.2) is 12.1 Å². The topological polar surface area (TPSA) is 29.1 Å². The largest absolute Gasteiger partial charge is 0.323 e. The lowest BCUT2D eigenvalue weighted by molar-refractivity contribution is -0.118. The molecule has 1 aliphatic carbocycles. The van der Waals surface area contributed by atoms with Crippen LogP contribution in [-0.2, 0) is 4.79 Å². The maximum Gasteiger partial charge on any atom is 0.232 e. The number of fused-ring (bicyclic) bond motifs is 1. The van der Waals surface area contributed by atoms with E-state index in [0.29, 0.717) is 11.5 Å². The summed E-state index contributed by atoms with van der Waals surface area (Å²) in [6, 6.07) is 2.13. The molecule has 1 fully saturated rings. The van der Waals surface area contributed by atoms with Crippen molar-refractivity contribution in [3.63, 3.8) is 0 Å². The number of amides is 1. The summed E-state index contributed by atoms with van der Waals surface area (Å²) in [7, 11) is 0. The van der Waals surface area contributed by atoms with Crippen molar-refractivity contribution in [2.75, 3.05) is 5.32 Å². The Kier molecular flexibility index (Phi) is 3.03. The molecule has 19 heavy (non-hydrogen) atoms. The van der Waals surface area contributed by atoms with Crippen molar-refractivity contribution in [1.29, 1.82) is 0 Å². The third-order valence-corrected chi connectivity index (χ3v) is 4.48. The fourth-order valence-corrected chi connectivity index (χ4v) is 3.40. The van der Waals surface area contributed by atoms with Crippen molar-refractivity contribution in [2.45, 2.75) is 38.5 Å². The van der Waals surface area contributed by atoms with Crippen LogP contribution in [0.25, 0.3) is 0 Å². The molecule has 1 heterocycles. The maximum absolute atomic E-state index is 13.7. The Morgan fingerprint density at radius 1 is 1.16 bits per heavy atom. The van der Waals surface area contributed by atoms with Gasteiger partial charge in [-0.05, 0) is 36.3 Å². The van der Waals surface area contributed by atoms with Crippen LogP contribution < -0.4 is 5.32 Å². The van der Waals surface area contributed by atoms with E-state index in [1.165, 1.54) is 6.07 Å². The molecule has 4 heteroatoms. The van der Waals surface area contributed by atoms with Crippen LogP contribution >= 0.6 is 0 Å². The van der Waals surface area contributed by atoms with Crippen LogP contribution in [0.4, 0.5) is 14.5 Å². The van der Waals surface area contributed by atoms with Crippen LogP contribution in [0.5, 0.6) is 0 Å². The maximum atomic E-state index is 13.7. The molecular formula is C15H17F2NO. The molecule has 102 valence electrons. The Morgan fingerprint density at radius 3 is 2.53 bits per heavy atom. The molecule has 0 radical (unpaired) electrons.